The van der Waals surface area contributed by atoms with E-state index >= 15 is 0 Å². The van der Waals surface area contributed by atoms with E-state index in [1.54, 1.807) is 4.73 Å². The summed E-state index contributed by atoms with van der Waals surface area (Å²) in [5, 5.41) is 1.16. The van der Waals surface area contributed by atoms with E-state index in [1.807, 2.05) is 55.6 Å². The van der Waals surface area contributed by atoms with Crippen molar-refractivity contribution in [3.8, 4) is 5.75 Å². The Bertz CT molecular complexity index is 882. The van der Waals surface area contributed by atoms with Crippen molar-refractivity contribution in [2.75, 3.05) is 13.2 Å². The number of fused-ring (bicyclic) bond motifs is 1. The minimum Gasteiger partial charge on any atom is -0.490 e. The first kappa shape index (κ1) is 19.0. The van der Waals surface area contributed by atoms with E-state index < -0.39 is 0 Å². The minimum absolute atomic E-state index is 0.359. The molecule has 1 aromatic carbocycles. The first-order valence-electron chi connectivity index (χ1n) is 9.56. The Kier molecular flexibility index (Phi) is 6.52. The van der Waals surface area contributed by atoms with E-state index in [9.17, 15) is 4.79 Å². The molecule has 2 aromatic heterocycles. The molecular weight excluding hydrogens is 342 g/mol. The van der Waals surface area contributed by atoms with E-state index in [0.29, 0.717) is 31.8 Å². The lowest BCUT2D eigenvalue weighted by molar-refractivity contribution is -0.672. The zero-order valence-electron chi connectivity index (χ0n) is 16.1. The number of aryl methyl sites for hydroxylation is 2. The van der Waals surface area contributed by atoms with Gasteiger partial charge in [0.1, 0.15) is 24.3 Å². The predicted octanol–water partition coefficient (Wildman–Crippen LogP) is 2.99. The summed E-state index contributed by atoms with van der Waals surface area (Å²) in [7, 11) is 1.94. The summed E-state index contributed by atoms with van der Waals surface area (Å²) < 4.78 is 9.41. The van der Waals surface area contributed by atoms with Crippen LogP contribution in [0.4, 0.5) is 0 Å². The molecule has 0 radical (unpaired) electrons. The highest BCUT2D eigenvalue weighted by Gasteiger charge is 2.08. The summed E-state index contributed by atoms with van der Waals surface area (Å²) in [6, 6.07) is 6.05. The molecule has 0 amide bonds. The second-order valence-corrected chi connectivity index (χ2v) is 6.78. The fourth-order valence-electron chi connectivity index (χ4n) is 3.14. The van der Waals surface area contributed by atoms with Gasteiger partial charge in [-0.05, 0) is 43.0 Å². The molecule has 0 aliphatic carbocycles. The summed E-state index contributed by atoms with van der Waals surface area (Å²) in [6.07, 6.45) is 11.7. The predicted molar refractivity (Wildman–Crippen MR) is 104 cm³/mol. The molecule has 0 saturated heterocycles. The third-order valence-electron chi connectivity index (χ3n) is 4.51. The van der Waals surface area contributed by atoms with Crippen molar-refractivity contribution in [2.24, 2.45) is 7.05 Å². The van der Waals surface area contributed by atoms with Crippen LogP contribution in [0, 0.1) is 0 Å². The van der Waals surface area contributed by atoms with Crippen molar-refractivity contribution in [3.05, 3.63) is 48.7 Å². The number of ketones is 1. The number of aromatic amines is 1. The van der Waals surface area contributed by atoms with Crippen molar-refractivity contribution < 1.29 is 18.9 Å². The second-order valence-electron chi connectivity index (χ2n) is 6.78. The maximum Gasteiger partial charge on any atom is 0.284 e. The molecule has 0 saturated carbocycles. The van der Waals surface area contributed by atoms with Crippen LogP contribution >= 0.6 is 0 Å². The number of hydrogen-bond donors (Lipinski definition) is 1. The first-order valence-corrected chi connectivity index (χ1v) is 9.56. The van der Waals surface area contributed by atoms with Crippen LogP contribution in [0.15, 0.2) is 43.1 Å². The molecule has 0 fully saturated rings. The number of carbonyl (C=O) groups excluding carboxylic acids is 1. The van der Waals surface area contributed by atoms with Crippen LogP contribution in [0.3, 0.4) is 0 Å². The van der Waals surface area contributed by atoms with E-state index in [2.05, 4.69) is 11.1 Å². The average Bonchev–Trinajstić information content (AvgIpc) is 3.25. The van der Waals surface area contributed by atoms with Crippen LogP contribution < -0.4 is 14.1 Å². The molecule has 1 N–H and O–H groups in total. The van der Waals surface area contributed by atoms with E-state index in [0.717, 1.165) is 35.9 Å². The Morgan fingerprint density at radius 3 is 2.93 bits per heavy atom. The van der Waals surface area contributed by atoms with Gasteiger partial charge in [-0.3, -0.25) is 4.79 Å². The smallest absolute Gasteiger partial charge is 0.284 e. The van der Waals surface area contributed by atoms with Gasteiger partial charge in [-0.15, -0.1) is 0 Å². The Hall–Kier alpha value is -2.76. The van der Waals surface area contributed by atoms with Gasteiger partial charge in [0, 0.05) is 29.9 Å². The molecule has 0 atom stereocenters. The zero-order valence-corrected chi connectivity index (χ0v) is 16.1. The summed E-state index contributed by atoms with van der Waals surface area (Å²) in [5.41, 5.74) is 2.32. The molecule has 0 bridgehead atoms. The topological polar surface area (TPSA) is 60.1 Å². The number of Topliss-reactive ketones (excluding diaryl/α,β-unsaturated/α-hetero) is 1. The number of nitrogens with zero attached hydrogens (tertiary/aromatic N) is 2. The van der Waals surface area contributed by atoms with Gasteiger partial charge < -0.3 is 14.6 Å². The van der Waals surface area contributed by atoms with E-state index in [4.69, 9.17) is 9.57 Å². The van der Waals surface area contributed by atoms with Crippen molar-refractivity contribution in [1.29, 1.82) is 0 Å². The molecule has 2 heterocycles. The van der Waals surface area contributed by atoms with Crippen LogP contribution in [0.5, 0.6) is 5.75 Å². The first-order chi connectivity index (χ1) is 13.2. The lowest BCUT2D eigenvalue weighted by atomic mass is 10.0. The Morgan fingerprint density at radius 1 is 1.26 bits per heavy atom. The largest absolute Gasteiger partial charge is 0.490 e. The maximum absolute atomic E-state index is 11.7. The number of benzene rings is 1. The molecule has 0 aliphatic heterocycles. The SMILES string of the molecule is CCCC(=O)CCCc1c[nH]c2ccc(OCCOn3cc[n+](C)c3)cc12. The standard InChI is InChI=1S/C21H28N3O3/c1-3-5-18(25)7-4-6-17-15-22-21-9-8-19(14-20(17)21)26-12-13-27-24-11-10-23(2)16-24/h8-11,14-16,22H,3-7,12-13H2,1-2H3/q+1. The van der Waals surface area contributed by atoms with Crippen LogP contribution in [0.2, 0.25) is 0 Å². The lowest BCUT2D eigenvalue weighted by Gasteiger charge is -2.06. The highest BCUT2D eigenvalue weighted by Crippen LogP contribution is 2.25. The number of hydrogen-bond acceptors (Lipinski definition) is 3. The van der Waals surface area contributed by atoms with Crippen LogP contribution in [0.25, 0.3) is 10.9 Å². The summed E-state index contributed by atoms with van der Waals surface area (Å²) in [4.78, 5) is 20.6. The van der Waals surface area contributed by atoms with Gasteiger partial charge in [-0.2, -0.15) is 0 Å². The zero-order chi connectivity index (χ0) is 19.1. The van der Waals surface area contributed by atoms with Crippen molar-refractivity contribution >= 4 is 16.7 Å². The summed E-state index contributed by atoms with van der Waals surface area (Å²) in [5.74, 6) is 1.18. The fourth-order valence-corrected chi connectivity index (χ4v) is 3.14. The normalized spacial score (nSPS) is 11.0. The Labute approximate surface area is 159 Å². The molecule has 0 unspecified atom stereocenters. The number of aromatic nitrogens is 3. The molecule has 27 heavy (non-hydrogen) atoms. The third kappa shape index (κ3) is 5.36. The molecule has 0 spiro atoms. The average molecular weight is 370 g/mol. The van der Waals surface area contributed by atoms with E-state index in [-0.39, 0.29) is 0 Å². The molecule has 6 heteroatoms. The van der Waals surface area contributed by atoms with Crippen molar-refractivity contribution in [3.63, 3.8) is 0 Å². The van der Waals surface area contributed by atoms with Gasteiger partial charge in [0.25, 0.3) is 6.33 Å². The van der Waals surface area contributed by atoms with Crippen LogP contribution in [0.1, 0.15) is 38.2 Å². The minimum atomic E-state index is 0.359. The maximum atomic E-state index is 11.7. The van der Waals surface area contributed by atoms with Crippen molar-refractivity contribution in [2.45, 2.75) is 39.0 Å². The van der Waals surface area contributed by atoms with Gasteiger partial charge in [0.05, 0.1) is 7.05 Å². The Morgan fingerprint density at radius 2 is 2.15 bits per heavy atom. The van der Waals surface area contributed by atoms with Crippen LogP contribution in [-0.2, 0) is 18.3 Å². The quantitative estimate of drug-likeness (QED) is 0.417. The third-order valence-corrected chi connectivity index (χ3v) is 4.51. The Balaban J connectivity index is 1.51. The number of nitrogens with one attached hydrogen (secondary N) is 1. The van der Waals surface area contributed by atoms with Gasteiger partial charge in [-0.25, -0.2) is 4.57 Å². The molecule has 6 nitrogen and oxygen atoms in total. The number of ether oxygens (including phenoxy) is 1. The number of carbonyl (C=O) groups is 1. The molecule has 3 rings (SSSR count). The van der Waals surface area contributed by atoms with Gasteiger partial charge in [0.15, 0.2) is 12.8 Å². The molecule has 144 valence electrons. The van der Waals surface area contributed by atoms with Crippen LogP contribution in [-0.4, -0.2) is 28.7 Å². The highest BCUT2D eigenvalue weighted by molar-refractivity contribution is 5.84. The van der Waals surface area contributed by atoms with Gasteiger partial charge in [0.2, 0.25) is 0 Å². The van der Waals surface area contributed by atoms with Gasteiger partial charge in [-0.1, -0.05) is 11.7 Å². The summed E-state index contributed by atoms with van der Waals surface area (Å²) >= 11 is 0. The fraction of sp³-hybridized carbons (Fsp3) is 0.429. The molecular formula is C21H28N3O3+. The van der Waals surface area contributed by atoms with E-state index in [1.165, 1.54) is 5.56 Å². The molecule has 3 aromatic rings. The number of rotatable bonds is 11. The van der Waals surface area contributed by atoms with Gasteiger partial charge >= 0.3 is 0 Å². The monoisotopic (exact) mass is 370 g/mol. The highest BCUT2D eigenvalue weighted by atomic mass is 16.7. The van der Waals surface area contributed by atoms with Crippen molar-refractivity contribution in [1.82, 2.24) is 9.71 Å². The summed E-state index contributed by atoms with van der Waals surface area (Å²) in [6.45, 7) is 2.98. The second kappa shape index (κ2) is 9.26. The number of imidazole rings is 1. The lowest BCUT2D eigenvalue weighted by Crippen LogP contribution is -2.25. The molecule has 0 aliphatic rings. The number of H-pyrrole nitrogens is 1.